The molecule has 2 amide bonds. The highest BCUT2D eigenvalue weighted by molar-refractivity contribution is 5.75. The van der Waals surface area contributed by atoms with Gasteiger partial charge in [-0.15, -0.1) is 0 Å². The first-order valence-electron chi connectivity index (χ1n) is 7.03. The molecule has 0 aliphatic carbocycles. The fourth-order valence-electron chi connectivity index (χ4n) is 2.30. The molecule has 1 rings (SSSR count). The molecule has 6 nitrogen and oxygen atoms in total. The van der Waals surface area contributed by atoms with Crippen molar-refractivity contribution in [3.05, 3.63) is 0 Å². The Balaban J connectivity index is 2.24. The third-order valence-electron chi connectivity index (χ3n) is 3.57. The Labute approximate surface area is 114 Å². The molecular formula is C13H25N3O3. The number of nitrogens with one attached hydrogen (secondary N) is 2. The van der Waals surface area contributed by atoms with Crippen molar-refractivity contribution in [2.24, 2.45) is 0 Å². The van der Waals surface area contributed by atoms with Crippen LogP contribution in [0.5, 0.6) is 0 Å². The summed E-state index contributed by atoms with van der Waals surface area (Å²) in [5, 5.41) is 14.2. The number of likely N-dealkylation sites (tertiary alicyclic amines) is 1. The summed E-state index contributed by atoms with van der Waals surface area (Å²) in [7, 11) is 0. The van der Waals surface area contributed by atoms with Crippen LogP contribution >= 0.6 is 0 Å². The lowest BCUT2D eigenvalue weighted by Crippen LogP contribution is -2.47. The molecule has 2 unspecified atom stereocenters. The highest BCUT2D eigenvalue weighted by Gasteiger charge is 2.19. The standard InChI is InChI=1S/C13H25N3O3/c1-3-11(8-12(17)18)15-13(19)14-9-10(2)16-6-4-5-7-16/h10-11H,3-9H2,1-2H3,(H,17,18)(H2,14,15,19). The summed E-state index contributed by atoms with van der Waals surface area (Å²) < 4.78 is 0. The monoisotopic (exact) mass is 271 g/mol. The molecule has 1 aliphatic heterocycles. The Morgan fingerprint density at radius 2 is 1.95 bits per heavy atom. The third kappa shape index (κ3) is 5.92. The lowest BCUT2D eigenvalue weighted by atomic mass is 10.1. The molecule has 0 aromatic rings. The number of amides is 2. The van der Waals surface area contributed by atoms with E-state index in [0.717, 1.165) is 13.1 Å². The van der Waals surface area contributed by atoms with Crippen LogP contribution in [-0.2, 0) is 4.79 Å². The number of carboxylic acid groups (broad SMARTS) is 1. The van der Waals surface area contributed by atoms with Crippen LogP contribution in [0.2, 0.25) is 0 Å². The Hall–Kier alpha value is -1.30. The van der Waals surface area contributed by atoms with E-state index in [-0.39, 0.29) is 18.5 Å². The Kier molecular flexibility index (Phi) is 6.62. The topological polar surface area (TPSA) is 81.7 Å². The van der Waals surface area contributed by atoms with Gasteiger partial charge in [0.2, 0.25) is 0 Å². The normalized spacial score (nSPS) is 18.8. The van der Waals surface area contributed by atoms with Crippen LogP contribution in [0, 0.1) is 0 Å². The quantitative estimate of drug-likeness (QED) is 0.646. The van der Waals surface area contributed by atoms with Crippen molar-refractivity contribution in [2.75, 3.05) is 19.6 Å². The predicted octanol–water partition coefficient (Wildman–Crippen LogP) is 1.02. The summed E-state index contributed by atoms with van der Waals surface area (Å²) in [5.41, 5.74) is 0. The molecule has 0 saturated carbocycles. The Morgan fingerprint density at radius 1 is 1.32 bits per heavy atom. The van der Waals surface area contributed by atoms with E-state index in [2.05, 4.69) is 22.5 Å². The molecule has 0 bridgehead atoms. The van der Waals surface area contributed by atoms with Crippen molar-refractivity contribution in [1.29, 1.82) is 0 Å². The van der Waals surface area contributed by atoms with Gasteiger partial charge in [-0.2, -0.15) is 0 Å². The zero-order chi connectivity index (χ0) is 14.3. The largest absolute Gasteiger partial charge is 0.481 e. The van der Waals surface area contributed by atoms with Crippen LogP contribution in [0.1, 0.15) is 39.5 Å². The van der Waals surface area contributed by atoms with E-state index in [1.807, 2.05) is 6.92 Å². The summed E-state index contributed by atoms with van der Waals surface area (Å²) in [6.45, 7) is 6.75. The number of hydrogen-bond donors (Lipinski definition) is 3. The van der Waals surface area contributed by atoms with Crippen molar-refractivity contribution in [3.63, 3.8) is 0 Å². The second-order valence-corrected chi connectivity index (χ2v) is 5.15. The van der Waals surface area contributed by atoms with Gasteiger partial charge in [-0.3, -0.25) is 9.69 Å². The van der Waals surface area contributed by atoms with Gasteiger partial charge in [-0.25, -0.2) is 4.79 Å². The number of nitrogens with zero attached hydrogens (tertiary/aromatic N) is 1. The van der Waals surface area contributed by atoms with Crippen LogP contribution in [-0.4, -0.2) is 53.7 Å². The van der Waals surface area contributed by atoms with Gasteiger partial charge in [0.05, 0.1) is 6.42 Å². The molecule has 1 fully saturated rings. The van der Waals surface area contributed by atoms with E-state index >= 15 is 0 Å². The van der Waals surface area contributed by atoms with Gasteiger partial charge in [0, 0.05) is 18.6 Å². The maximum atomic E-state index is 11.7. The van der Waals surface area contributed by atoms with Gasteiger partial charge < -0.3 is 15.7 Å². The smallest absolute Gasteiger partial charge is 0.315 e. The van der Waals surface area contributed by atoms with Gasteiger partial charge in [0.25, 0.3) is 0 Å². The summed E-state index contributed by atoms with van der Waals surface area (Å²) in [6, 6.07) is -0.258. The van der Waals surface area contributed by atoms with E-state index in [1.165, 1.54) is 12.8 Å². The summed E-state index contributed by atoms with van der Waals surface area (Å²) in [6.07, 6.45) is 3.03. The van der Waals surface area contributed by atoms with Crippen molar-refractivity contribution >= 4 is 12.0 Å². The molecule has 0 radical (unpaired) electrons. The fourth-order valence-corrected chi connectivity index (χ4v) is 2.30. The van der Waals surface area contributed by atoms with E-state index in [4.69, 9.17) is 5.11 Å². The number of rotatable bonds is 7. The number of urea groups is 1. The molecule has 0 spiro atoms. The molecule has 0 aromatic carbocycles. The molecule has 0 aromatic heterocycles. The highest BCUT2D eigenvalue weighted by atomic mass is 16.4. The minimum Gasteiger partial charge on any atom is -0.481 e. The van der Waals surface area contributed by atoms with Gasteiger partial charge in [0.15, 0.2) is 0 Å². The SMILES string of the molecule is CCC(CC(=O)O)NC(=O)NCC(C)N1CCCC1. The van der Waals surface area contributed by atoms with E-state index in [1.54, 1.807) is 0 Å². The molecule has 2 atom stereocenters. The molecular weight excluding hydrogens is 246 g/mol. The molecule has 1 heterocycles. The average Bonchev–Trinajstić information content (AvgIpc) is 2.88. The molecule has 6 heteroatoms. The lowest BCUT2D eigenvalue weighted by Gasteiger charge is -2.24. The van der Waals surface area contributed by atoms with E-state index in [0.29, 0.717) is 19.0 Å². The second-order valence-electron chi connectivity index (χ2n) is 5.15. The van der Waals surface area contributed by atoms with Gasteiger partial charge >= 0.3 is 12.0 Å². The number of carboxylic acids is 1. The van der Waals surface area contributed by atoms with Crippen molar-refractivity contribution in [1.82, 2.24) is 15.5 Å². The minimum absolute atomic E-state index is 0.0361. The zero-order valence-electron chi connectivity index (χ0n) is 11.8. The maximum Gasteiger partial charge on any atom is 0.315 e. The van der Waals surface area contributed by atoms with Gasteiger partial charge in [0.1, 0.15) is 0 Å². The second kappa shape index (κ2) is 7.99. The molecule has 1 saturated heterocycles. The zero-order valence-corrected chi connectivity index (χ0v) is 11.8. The number of hydrogen-bond acceptors (Lipinski definition) is 3. The van der Waals surface area contributed by atoms with Crippen LogP contribution in [0.25, 0.3) is 0 Å². The third-order valence-corrected chi connectivity index (χ3v) is 3.57. The lowest BCUT2D eigenvalue weighted by molar-refractivity contribution is -0.137. The first kappa shape index (κ1) is 15.8. The van der Waals surface area contributed by atoms with Gasteiger partial charge in [-0.1, -0.05) is 6.92 Å². The van der Waals surface area contributed by atoms with Crippen molar-refractivity contribution in [3.8, 4) is 0 Å². The van der Waals surface area contributed by atoms with E-state index < -0.39 is 5.97 Å². The maximum absolute atomic E-state index is 11.7. The molecule has 110 valence electrons. The van der Waals surface area contributed by atoms with Crippen LogP contribution in [0.15, 0.2) is 0 Å². The average molecular weight is 271 g/mol. The molecule has 3 N–H and O–H groups in total. The van der Waals surface area contributed by atoms with Crippen LogP contribution < -0.4 is 10.6 Å². The summed E-state index contributed by atoms with van der Waals surface area (Å²) >= 11 is 0. The predicted molar refractivity (Wildman–Crippen MR) is 73.1 cm³/mol. The minimum atomic E-state index is -0.891. The summed E-state index contributed by atoms with van der Waals surface area (Å²) in [4.78, 5) is 24.6. The summed E-state index contributed by atoms with van der Waals surface area (Å²) in [5.74, 6) is -0.891. The number of carbonyl (C=O) groups excluding carboxylic acids is 1. The number of carbonyl (C=O) groups is 2. The van der Waals surface area contributed by atoms with Crippen molar-refractivity contribution in [2.45, 2.75) is 51.6 Å². The van der Waals surface area contributed by atoms with Crippen molar-refractivity contribution < 1.29 is 14.7 Å². The highest BCUT2D eigenvalue weighted by Crippen LogP contribution is 2.10. The Morgan fingerprint density at radius 3 is 2.47 bits per heavy atom. The molecule has 1 aliphatic rings. The van der Waals surface area contributed by atoms with Gasteiger partial charge in [-0.05, 0) is 39.3 Å². The number of aliphatic carboxylic acids is 1. The molecule has 19 heavy (non-hydrogen) atoms. The Bertz CT molecular complexity index is 304. The first-order chi connectivity index (χ1) is 9.02. The van der Waals surface area contributed by atoms with E-state index in [9.17, 15) is 9.59 Å². The fraction of sp³-hybridized carbons (Fsp3) is 0.846. The van der Waals surface area contributed by atoms with Crippen LogP contribution in [0.4, 0.5) is 4.79 Å². The first-order valence-corrected chi connectivity index (χ1v) is 7.03. The van der Waals surface area contributed by atoms with Crippen LogP contribution in [0.3, 0.4) is 0 Å².